The van der Waals surface area contributed by atoms with Crippen LogP contribution >= 0.6 is 0 Å². The Bertz CT molecular complexity index is 978. The highest BCUT2D eigenvalue weighted by Crippen LogP contribution is 2.24. The lowest BCUT2D eigenvalue weighted by molar-refractivity contribution is 0.0527. The van der Waals surface area contributed by atoms with Crippen LogP contribution in [0.5, 0.6) is 0 Å². The molecule has 0 bridgehead atoms. The average Bonchev–Trinajstić information content (AvgIpc) is 3.02. The van der Waals surface area contributed by atoms with E-state index in [2.05, 4.69) is 19.9 Å². The Morgan fingerprint density at radius 3 is 2.79 bits per heavy atom. The van der Waals surface area contributed by atoms with E-state index >= 15 is 0 Å². The fourth-order valence-electron chi connectivity index (χ4n) is 3.20. The summed E-state index contributed by atoms with van der Waals surface area (Å²) < 4.78 is 12.7. The largest absolute Gasteiger partial charge is 0.444 e. The second kappa shape index (κ2) is 9.17. The molecule has 3 aromatic heterocycles. The van der Waals surface area contributed by atoms with Crippen LogP contribution in [0.3, 0.4) is 0 Å². The molecular weight excluding hydrogens is 370 g/mol. The quantitative estimate of drug-likeness (QED) is 0.583. The third-order valence-electron chi connectivity index (χ3n) is 4.42. The van der Waals surface area contributed by atoms with Crippen molar-refractivity contribution in [3.05, 3.63) is 30.4 Å². The standard InChI is InChI=1S/C21H29N5O3/c1-21(2,3)29-20(27)23-10-5-6-12-26-17(9-13-28-4)25-16-14-24-15-8-7-11-22-18(15)19(16)26/h7-8,11,14H,5-6,9-10,12-13H2,1-4H3,(H,23,27). The van der Waals surface area contributed by atoms with Crippen molar-refractivity contribution in [3.63, 3.8) is 0 Å². The van der Waals surface area contributed by atoms with Crippen LogP contribution in [0.1, 0.15) is 39.4 Å². The molecule has 0 radical (unpaired) electrons. The monoisotopic (exact) mass is 399 g/mol. The molecule has 0 unspecified atom stereocenters. The number of rotatable bonds is 8. The molecule has 0 saturated carbocycles. The molecule has 0 fully saturated rings. The second-order valence-electron chi connectivity index (χ2n) is 7.92. The number of unbranched alkanes of at least 4 members (excludes halogenated alkanes) is 1. The van der Waals surface area contributed by atoms with Gasteiger partial charge in [-0.15, -0.1) is 0 Å². The fourth-order valence-corrected chi connectivity index (χ4v) is 3.20. The highest BCUT2D eigenvalue weighted by atomic mass is 16.6. The average molecular weight is 399 g/mol. The molecule has 0 saturated heterocycles. The lowest BCUT2D eigenvalue weighted by Crippen LogP contribution is -2.33. The summed E-state index contributed by atoms with van der Waals surface area (Å²) in [4.78, 5) is 25.5. The third-order valence-corrected chi connectivity index (χ3v) is 4.42. The zero-order valence-electron chi connectivity index (χ0n) is 17.6. The van der Waals surface area contributed by atoms with E-state index in [0.29, 0.717) is 13.2 Å². The minimum absolute atomic E-state index is 0.382. The van der Waals surface area contributed by atoms with Gasteiger partial charge in [0, 0.05) is 32.8 Å². The number of hydrogen-bond acceptors (Lipinski definition) is 6. The van der Waals surface area contributed by atoms with Crippen LogP contribution in [0.4, 0.5) is 4.79 Å². The van der Waals surface area contributed by atoms with E-state index in [1.54, 1.807) is 19.5 Å². The number of amides is 1. The van der Waals surface area contributed by atoms with E-state index < -0.39 is 5.60 Å². The lowest BCUT2D eigenvalue weighted by atomic mass is 10.2. The Hall–Kier alpha value is -2.74. The van der Waals surface area contributed by atoms with E-state index in [0.717, 1.165) is 53.7 Å². The first-order chi connectivity index (χ1) is 13.9. The van der Waals surface area contributed by atoms with Crippen LogP contribution in [0.2, 0.25) is 0 Å². The maximum absolute atomic E-state index is 11.8. The van der Waals surface area contributed by atoms with Crippen molar-refractivity contribution in [1.29, 1.82) is 0 Å². The van der Waals surface area contributed by atoms with Gasteiger partial charge in [0.1, 0.15) is 22.5 Å². The summed E-state index contributed by atoms with van der Waals surface area (Å²) in [5.74, 6) is 0.960. The Labute approximate surface area is 170 Å². The highest BCUT2D eigenvalue weighted by molar-refractivity contribution is 5.99. The zero-order valence-corrected chi connectivity index (χ0v) is 17.6. The minimum atomic E-state index is -0.488. The molecule has 8 heteroatoms. The molecule has 0 spiro atoms. The molecular formula is C21H29N5O3. The molecule has 3 aromatic rings. The number of carbonyl (C=O) groups is 1. The number of aryl methyl sites for hydroxylation is 1. The van der Waals surface area contributed by atoms with Gasteiger partial charge >= 0.3 is 6.09 Å². The molecule has 0 aliphatic rings. The third kappa shape index (κ3) is 5.41. The first-order valence-electron chi connectivity index (χ1n) is 9.93. The normalized spacial score (nSPS) is 11.9. The number of nitrogens with zero attached hydrogens (tertiary/aromatic N) is 4. The summed E-state index contributed by atoms with van der Waals surface area (Å²) in [7, 11) is 1.69. The molecule has 0 aliphatic heterocycles. The predicted molar refractivity (Wildman–Crippen MR) is 112 cm³/mol. The van der Waals surface area contributed by atoms with Crippen LogP contribution in [-0.2, 0) is 22.4 Å². The van der Waals surface area contributed by atoms with Crippen molar-refractivity contribution in [1.82, 2.24) is 24.8 Å². The number of fused-ring (bicyclic) bond motifs is 3. The number of hydrogen-bond donors (Lipinski definition) is 1. The lowest BCUT2D eigenvalue weighted by Gasteiger charge is -2.19. The van der Waals surface area contributed by atoms with Crippen LogP contribution in [0.25, 0.3) is 22.1 Å². The Morgan fingerprint density at radius 1 is 1.21 bits per heavy atom. The number of aromatic nitrogens is 4. The van der Waals surface area contributed by atoms with Gasteiger partial charge in [-0.1, -0.05) is 0 Å². The summed E-state index contributed by atoms with van der Waals surface area (Å²) in [6.45, 7) is 7.50. The van der Waals surface area contributed by atoms with Crippen molar-refractivity contribution in [2.75, 3.05) is 20.3 Å². The Balaban J connectivity index is 1.71. The van der Waals surface area contributed by atoms with Gasteiger partial charge in [-0.05, 0) is 45.7 Å². The maximum Gasteiger partial charge on any atom is 0.407 e. The first kappa shape index (κ1) is 21.0. The number of pyridine rings is 2. The number of ether oxygens (including phenoxy) is 2. The zero-order chi connectivity index (χ0) is 20.9. The smallest absolute Gasteiger partial charge is 0.407 e. The van der Waals surface area contributed by atoms with Gasteiger partial charge in [-0.3, -0.25) is 9.97 Å². The molecule has 8 nitrogen and oxygen atoms in total. The van der Waals surface area contributed by atoms with Gasteiger partial charge in [-0.25, -0.2) is 9.78 Å². The van der Waals surface area contributed by atoms with Gasteiger partial charge in [0.25, 0.3) is 0 Å². The number of methoxy groups -OCH3 is 1. The predicted octanol–water partition coefficient (Wildman–Crippen LogP) is 3.47. The van der Waals surface area contributed by atoms with Crippen molar-refractivity contribution < 1.29 is 14.3 Å². The number of alkyl carbamates (subject to hydrolysis) is 1. The van der Waals surface area contributed by atoms with Crippen molar-refractivity contribution in [3.8, 4) is 0 Å². The van der Waals surface area contributed by atoms with Gasteiger partial charge in [0.05, 0.1) is 23.8 Å². The molecule has 3 heterocycles. The van der Waals surface area contributed by atoms with Gasteiger partial charge in [0.15, 0.2) is 0 Å². The van der Waals surface area contributed by atoms with Crippen molar-refractivity contribution in [2.24, 2.45) is 0 Å². The summed E-state index contributed by atoms with van der Waals surface area (Å²) in [5.41, 5.74) is 3.06. The van der Waals surface area contributed by atoms with E-state index in [4.69, 9.17) is 14.5 Å². The maximum atomic E-state index is 11.8. The summed E-state index contributed by atoms with van der Waals surface area (Å²) in [5, 5.41) is 2.81. The van der Waals surface area contributed by atoms with E-state index in [1.165, 1.54) is 0 Å². The molecule has 0 aromatic carbocycles. The molecule has 0 aliphatic carbocycles. The number of nitrogens with one attached hydrogen (secondary N) is 1. The van der Waals surface area contributed by atoms with E-state index in [1.807, 2.05) is 32.9 Å². The number of imidazole rings is 1. The Kier molecular flexibility index (Phi) is 6.64. The van der Waals surface area contributed by atoms with E-state index in [9.17, 15) is 4.79 Å². The SMILES string of the molecule is COCCc1nc2cnc3cccnc3c2n1CCCCNC(=O)OC(C)(C)C. The highest BCUT2D eigenvalue weighted by Gasteiger charge is 2.16. The summed E-state index contributed by atoms with van der Waals surface area (Å²) >= 11 is 0. The minimum Gasteiger partial charge on any atom is -0.444 e. The summed E-state index contributed by atoms with van der Waals surface area (Å²) in [6, 6.07) is 3.84. The Morgan fingerprint density at radius 2 is 2.03 bits per heavy atom. The second-order valence-corrected chi connectivity index (χ2v) is 7.92. The van der Waals surface area contributed by atoms with Gasteiger partial charge < -0.3 is 19.4 Å². The number of carbonyl (C=O) groups excluding carboxylic acids is 1. The van der Waals surface area contributed by atoms with Gasteiger partial charge in [0.2, 0.25) is 0 Å². The van der Waals surface area contributed by atoms with E-state index in [-0.39, 0.29) is 6.09 Å². The topological polar surface area (TPSA) is 91.2 Å². The fraction of sp³-hybridized carbons (Fsp3) is 0.524. The molecule has 156 valence electrons. The molecule has 0 atom stereocenters. The molecule has 1 N–H and O–H groups in total. The first-order valence-corrected chi connectivity index (χ1v) is 9.93. The van der Waals surface area contributed by atoms with Crippen molar-refractivity contribution in [2.45, 2.75) is 52.2 Å². The van der Waals surface area contributed by atoms with Gasteiger partial charge in [-0.2, -0.15) is 0 Å². The molecule has 29 heavy (non-hydrogen) atoms. The van der Waals surface area contributed by atoms with Crippen LogP contribution in [0, 0.1) is 0 Å². The van der Waals surface area contributed by atoms with Crippen LogP contribution in [-0.4, -0.2) is 51.5 Å². The van der Waals surface area contributed by atoms with Crippen LogP contribution < -0.4 is 5.32 Å². The summed E-state index contributed by atoms with van der Waals surface area (Å²) in [6.07, 6.45) is 5.64. The van der Waals surface area contributed by atoms with Crippen molar-refractivity contribution >= 4 is 28.2 Å². The molecule has 3 rings (SSSR count). The van der Waals surface area contributed by atoms with Crippen LogP contribution in [0.15, 0.2) is 24.5 Å². The molecule has 1 amide bonds.